The molecule has 112 valence electrons. The van der Waals surface area contributed by atoms with E-state index in [2.05, 4.69) is 5.32 Å². The molecule has 0 amide bonds. The van der Waals surface area contributed by atoms with E-state index in [0.717, 1.165) is 5.56 Å². The van der Waals surface area contributed by atoms with Gasteiger partial charge in [0, 0.05) is 13.1 Å². The molecule has 0 spiro atoms. The van der Waals surface area contributed by atoms with Crippen LogP contribution in [0.5, 0.6) is 0 Å². The van der Waals surface area contributed by atoms with Crippen LogP contribution in [0.25, 0.3) is 0 Å². The summed E-state index contributed by atoms with van der Waals surface area (Å²) in [6.45, 7) is 5.56. The summed E-state index contributed by atoms with van der Waals surface area (Å²) in [7, 11) is -1.70. The lowest BCUT2D eigenvalue weighted by atomic mass is 10.1. The van der Waals surface area contributed by atoms with E-state index in [1.54, 1.807) is 16.4 Å². The van der Waals surface area contributed by atoms with E-state index in [4.69, 9.17) is 4.74 Å². The minimum Gasteiger partial charge on any atom is -0.378 e. The van der Waals surface area contributed by atoms with Crippen LogP contribution in [0, 0.1) is 0 Å². The van der Waals surface area contributed by atoms with Crippen molar-refractivity contribution in [3.63, 3.8) is 0 Å². The molecular weight excluding hydrogens is 276 g/mol. The second kappa shape index (κ2) is 5.81. The Hall–Kier alpha value is -0.950. The molecule has 0 radical (unpaired) electrons. The highest BCUT2D eigenvalue weighted by Gasteiger charge is 2.40. The number of rotatable bonds is 4. The van der Waals surface area contributed by atoms with Crippen molar-refractivity contribution in [3.8, 4) is 0 Å². The Balaban J connectivity index is 2.44. The van der Waals surface area contributed by atoms with Crippen molar-refractivity contribution in [1.82, 2.24) is 9.62 Å². The van der Waals surface area contributed by atoms with Gasteiger partial charge in [-0.3, -0.25) is 0 Å². The number of morpholine rings is 1. The first-order chi connectivity index (χ1) is 9.39. The molecule has 1 fully saturated rings. The molecule has 6 heteroatoms. The number of sulfonamides is 1. The topological polar surface area (TPSA) is 58.6 Å². The lowest BCUT2D eigenvalue weighted by molar-refractivity contribution is -0.00773. The molecule has 0 aliphatic carbocycles. The van der Waals surface area contributed by atoms with Gasteiger partial charge < -0.3 is 10.1 Å². The van der Waals surface area contributed by atoms with Crippen LogP contribution < -0.4 is 5.32 Å². The van der Waals surface area contributed by atoms with Crippen LogP contribution >= 0.6 is 0 Å². The Morgan fingerprint density at radius 1 is 1.35 bits per heavy atom. The molecule has 0 bridgehead atoms. The van der Waals surface area contributed by atoms with Crippen molar-refractivity contribution in [3.05, 3.63) is 29.8 Å². The van der Waals surface area contributed by atoms with Crippen molar-refractivity contribution in [1.29, 1.82) is 0 Å². The van der Waals surface area contributed by atoms with Crippen LogP contribution in [0.4, 0.5) is 0 Å². The number of ether oxygens (including phenoxy) is 1. The molecule has 1 saturated heterocycles. The fourth-order valence-electron chi connectivity index (χ4n) is 2.50. The molecule has 1 aliphatic heterocycles. The fraction of sp³-hybridized carbons (Fsp3) is 0.571. The normalized spacial score (nSPS) is 19.9. The molecule has 1 N–H and O–H groups in total. The van der Waals surface area contributed by atoms with Gasteiger partial charge in [-0.25, -0.2) is 8.42 Å². The van der Waals surface area contributed by atoms with Gasteiger partial charge in [-0.2, -0.15) is 4.31 Å². The van der Waals surface area contributed by atoms with Gasteiger partial charge in [0.1, 0.15) is 0 Å². The Labute approximate surface area is 121 Å². The molecule has 0 atom stereocenters. The van der Waals surface area contributed by atoms with Crippen LogP contribution in [0.3, 0.4) is 0 Å². The molecule has 0 unspecified atom stereocenters. The summed E-state index contributed by atoms with van der Waals surface area (Å²) in [5.74, 6) is 0. The van der Waals surface area contributed by atoms with Gasteiger partial charge >= 0.3 is 0 Å². The molecule has 1 heterocycles. The average Bonchev–Trinajstić information content (AvgIpc) is 2.38. The molecule has 5 nitrogen and oxygen atoms in total. The average molecular weight is 298 g/mol. The third kappa shape index (κ3) is 2.88. The Morgan fingerprint density at radius 2 is 2.05 bits per heavy atom. The van der Waals surface area contributed by atoms with Gasteiger partial charge in [0.15, 0.2) is 0 Å². The Morgan fingerprint density at radius 3 is 2.70 bits per heavy atom. The Bertz CT molecular complexity index is 570. The van der Waals surface area contributed by atoms with Gasteiger partial charge in [0.25, 0.3) is 0 Å². The zero-order valence-corrected chi connectivity index (χ0v) is 13.0. The quantitative estimate of drug-likeness (QED) is 0.907. The maximum Gasteiger partial charge on any atom is 0.244 e. The molecule has 2 rings (SSSR count). The molecular formula is C14H22N2O3S. The molecule has 1 aromatic carbocycles. The number of nitrogens with one attached hydrogen (secondary N) is 1. The van der Waals surface area contributed by atoms with E-state index in [0.29, 0.717) is 31.2 Å². The molecule has 1 aliphatic rings. The standard InChI is InChI=1S/C14H22N2O3S/c1-14(2)11-19-9-8-16(14)20(17,18)13-7-5-4-6-12(13)10-15-3/h4-7,15H,8-11H2,1-3H3. The van der Waals surface area contributed by atoms with Crippen molar-refractivity contribution < 1.29 is 13.2 Å². The van der Waals surface area contributed by atoms with Crippen molar-refractivity contribution in [2.75, 3.05) is 26.8 Å². The van der Waals surface area contributed by atoms with Gasteiger partial charge in [-0.1, -0.05) is 18.2 Å². The summed E-state index contributed by atoms with van der Waals surface area (Å²) in [6, 6.07) is 7.14. The zero-order chi connectivity index (χ0) is 14.8. The lowest BCUT2D eigenvalue weighted by Gasteiger charge is -2.41. The van der Waals surface area contributed by atoms with Crippen LogP contribution in [-0.2, 0) is 21.3 Å². The number of hydrogen-bond acceptors (Lipinski definition) is 4. The number of nitrogens with zero attached hydrogens (tertiary/aromatic N) is 1. The van der Waals surface area contributed by atoms with Gasteiger partial charge in [0.2, 0.25) is 10.0 Å². The van der Waals surface area contributed by atoms with Crippen LogP contribution in [-0.4, -0.2) is 45.1 Å². The van der Waals surface area contributed by atoms with E-state index in [-0.39, 0.29) is 0 Å². The minimum absolute atomic E-state index is 0.379. The van der Waals surface area contributed by atoms with Crippen LogP contribution in [0.15, 0.2) is 29.2 Å². The molecule has 0 saturated carbocycles. The summed E-state index contributed by atoms with van der Waals surface area (Å²) in [6.07, 6.45) is 0. The number of benzene rings is 1. The monoisotopic (exact) mass is 298 g/mol. The first kappa shape index (κ1) is 15.4. The zero-order valence-electron chi connectivity index (χ0n) is 12.2. The molecule has 0 aromatic heterocycles. The van der Waals surface area contributed by atoms with Crippen molar-refractivity contribution >= 4 is 10.0 Å². The van der Waals surface area contributed by atoms with E-state index in [1.807, 2.05) is 33.0 Å². The van der Waals surface area contributed by atoms with Crippen LogP contribution in [0.2, 0.25) is 0 Å². The van der Waals surface area contributed by atoms with E-state index in [1.165, 1.54) is 0 Å². The van der Waals surface area contributed by atoms with Gasteiger partial charge in [-0.05, 0) is 32.5 Å². The van der Waals surface area contributed by atoms with E-state index in [9.17, 15) is 8.42 Å². The Kier molecular flexibility index (Phi) is 4.49. The summed E-state index contributed by atoms with van der Waals surface area (Å²) in [5.41, 5.74) is 0.265. The highest BCUT2D eigenvalue weighted by molar-refractivity contribution is 7.89. The van der Waals surface area contributed by atoms with Crippen molar-refractivity contribution in [2.24, 2.45) is 0 Å². The first-order valence-electron chi connectivity index (χ1n) is 6.73. The summed E-state index contributed by atoms with van der Waals surface area (Å²) >= 11 is 0. The largest absolute Gasteiger partial charge is 0.378 e. The maximum absolute atomic E-state index is 12.9. The SMILES string of the molecule is CNCc1ccccc1S(=O)(=O)N1CCOCC1(C)C. The van der Waals surface area contributed by atoms with Gasteiger partial charge in [0.05, 0.1) is 23.6 Å². The highest BCUT2D eigenvalue weighted by atomic mass is 32.2. The fourth-order valence-corrected chi connectivity index (χ4v) is 4.48. The third-order valence-corrected chi connectivity index (χ3v) is 5.69. The third-order valence-electron chi connectivity index (χ3n) is 3.48. The van der Waals surface area contributed by atoms with E-state index >= 15 is 0 Å². The summed E-state index contributed by atoms with van der Waals surface area (Å²) in [4.78, 5) is 0.379. The van der Waals surface area contributed by atoms with Gasteiger partial charge in [-0.15, -0.1) is 0 Å². The minimum atomic E-state index is -3.51. The predicted octanol–water partition coefficient (Wildman–Crippen LogP) is 1.21. The van der Waals surface area contributed by atoms with E-state index < -0.39 is 15.6 Å². The predicted molar refractivity (Wildman–Crippen MR) is 78.0 cm³/mol. The highest BCUT2D eigenvalue weighted by Crippen LogP contribution is 2.29. The van der Waals surface area contributed by atoms with Crippen molar-refractivity contribution in [2.45, 2.75) is 30.8 Å². The molecule has 20 heavy (non-hydrogen) atoms. The summed E-state index contributed by atoms with van der Waals surface area (Å²) < 4.78 is 32.8. The first-order valence-corrected chi connectivity index (χ1v) is 8.17. The number of hydrogen-bond donors (Lipinski definition) is 1. The lowest BCUT2D eigenvalue weighted by Crippen LogP contribution is -2.55. The maximum atomic E-state index is 12.9. The molecule has 1 aromatic rings. The van der Waals surface area contributed by atoms with Crippen LogP contribution in [0.1, 0.15) is 19.4 Å². The second-order valence-corrected chi connectivity index (χ2v) is 7.41. The smallest absolute Gasteiger partial charge is 0.244 e. The summed E-state index contributed by atoms with van der Waals surface area (Å²) in [5, 5.41) is 3.01. The second-order valence-electron chi connectivity index (χ2n) is 5.58.